The fourth-order valence-corrected chi connectivity index (χ4v) is 3.39. The van der Waals surface area contributed by atoms with Crippen molar-refractivity contribution in [1.82, 2.24) is 9.61 Å². The van der Waals surface area contributed by atoms with Crippen LogP contribution in [0.2, 0.25) is 5.15 Å². The maximum absolute atomic E-state index is 13.0. The first-order valence-corrected chi connectivity index (χ1v) is 9.62. The molecule has 144 valence electrons. The topological polar surface area (TPSA) is 60.0 Å². The minimum Gasteiger partial charge on any atom is -0.467 e. The van der Waals surface area contributed by atoms with Crippen molar-refractivity contribution in [3.05, 3.63) is 51.1 Å². The van der Waals surface area contributed by atoms with Crippen LogP contribution in [0.3, 0.4) is 0 Å². The highest BCUT2D eigenvalue weighted by molar-refractivity contribution is 9.10. The number of aryl methyl sites for hydroxylation is 2. The van der Waals surface area contributed by atoms with Gasteiger partial charge < -0.3 is 9.15 Å². The smallest absolute Gasteiger partial charge is 0.415 e. The zero-order valence-corrected chi connectivity index (χ0v) is 18.2. The number of carbonyl (C=O) groups excluding carboxylic acids is 1. The summed E-state index contributed by atoms with van der Waals surface area (Å²) in [5.74, 6) is 0.631. The highest BCUT2D eigenvalue weighted by atomic mass is 79.9. The Morgan fingerprint density at radius 3 is 2.70 bits per heavy atom. The number of anilines is 1. The number of hydrogen-bond donors (Lipinski definition) is 0. The highest BCUT2D eigenvalue weighted by Gasteiger charge is 2.28. The summed E-state index contributed by atoms with van der Waals surface area (Å²) < 4.78 is 13.7. The minimum absolute atomic E-state index is 0.208. The van der Waals surface area contributed by atoms with E-state index in [0.29, 0.717) is 11.4 Å². The van der Waals surface area contributed by atoms with Crippen LogP contribution in [0.25, 0.3) is 5.52 Å². The number of amides is 1. The summed E-state index contributed by atoms with van der Waals surface area (Å²) in [6, 6.07) is 5.26. The van der Waals surface area contributed by atoms with Crippen LogP contribution in [0.1, 0.15) is 37.8 Å². The predicted octanol–water partition coefficient (Wildman–Crippen LogP) is 5.90. The molecule has 0 saturated carbocycles. The van der Waals surface area contributed by atoms with Crippen LogP contribution >= 0.6 is 27.5 Å². The zero-order chi connectivity index (χ0) is 19.9. The van der Waals surface area contributed by atoms with Gasteiger partial charge in [-0.2, -0.15) is 5.10 Å². The van der Waals surface area contributed by atoms with Crippen molar-refractivity contribution in [1.29, 1.82) is 0 Å². The van der Waals surface area contributed by atoms with Crippen LogP contribution in [0, 0.1) is 13.8 Å². The predicted molar refractivity (Wildman–Crippen MR) is 109 cm³/mol. The van der Waals surface area contributed by atoms with Gasteiger partial charge in [0, 0.05) is 10.5 Å². The Morgan fingerprint density at radius 1 is 1.41 bits per heavy atom. The molecule has 0 unspecified atom stereocenters. The lowest BCUT2D eigenvalue weighted by Crippen LogP contribution is -2.36. The summed E-state index contributed by atoms with van der Waals surface area (Å²) in [7, 11) is 0. The molecule has 0 bridgehead atoms. The van der Waals surface area contributed by atoms with Crippen LogP contribution in [-0.4, -0.2) is 21.3 Å². The number of furan rings is 1. The van der Waals surface area contributed by atoms with Gasteiger partial charge in [0.15, 0.2) is 5.15 Å². The van der Waals surface area contributed by atoms with Crippen molar-refractivity contribution in [2.45, 2.75) is 46.8 Å². The maximum atomic E-state index is 13.0. The van der Waals surface area contributed by atoms with Crippen molar-refractivity contribution in [2.75, 3.05) is 4.90 Å². The molecule has 3 aromatic heterocycles. The molecule has 0 atom stereocenters. The molecule has 8 heteroatoms. The largest absolute Gasteiger partial charge is 0.467 e. The average molecular weight is 455 g/mol. The molecule has 1 amide bonds. The Kier molecular flexibility index (Phi) is 5.27. The quantitative estimate of drug-likeness (QED) is 0.494. The molecule has 0 aliphatic carbocycles. The molecular weight excluding hydrogens is 434 g/mol. The Balaban J connectivity index is 2.19. The number of fused-ring (bicyclic) bond motifs is 1. The molecular formula is C19H21BrClN3O3. The molecule has 0 radical (unpaired) electrons. The normalized spacial score (nSPS) is 11.8. The number of rotatable bonds is 3. The van der Waals surface area contributed by atoms with Crippen LogP contribution in [0.5, 0.6) is 0 Å². The van der Waals surface area contributed by atoms with Crippen LogP contribution in [0.4, 0.5) is 10.5 Å². The van der Waals surface area contributed by atoms with E-state index in [1.54, 1.807) is 22.9 Å². The lowest BCUT2D eigenvalue weighted by atomic mass is 10.2. The van der Waals surface area contributed by atoms with E-state index in [4.69, 9.17) is 20.8 Å². The van der Waals surface area contributed by atoms with Crippen LogP contribution < -0.4 is 4.90 Å². The van der Waals surface area contributed by atoms with E-state index < -0.39 is 11.7 Å². The van der Waals surface area contributed by atoms with E-state index >= 15 is 0 Å². The zero-order valence-electron chi connectivity index (χ0n) is 15.8. The van der Waals surface area contributed by atoms with E-state index in [1.165, 1.54) is 4.90 Å². The van der Waals surface area contributed by atoms with Crippen molar-refractivity contribution in [3.8, 4) is 0 Å². The lowest BCUT2D eigenvalue weighted by Gasteiger charge is -2.27. The Labute approximate surface area is 171 Å². The summed E-state index contributed by atoms with van der Waals surface area (Å²) in [5.41, 5.74) is 2.60. The van der Waals surface area contributed by atoms with E-state index in [1.807, 2.05) is 40.7 Å². The number of nitrogens with zero attached hydrogens (tertiary/aromatic N) is 3. The Morgan fingerprint density at radius 2 is 2.11 bits per heavy atom. The van der Waals surface area contributed by atoms with Crippen molar-refractivity contribution < 1.29 is 13.9 Å². The SMILES string of the molecule is Cc1c(Br)c(C)n2nc(Cl)cc(N(Cc3ccco3)C(=O)OC(C)(C)C)c12. The minimum atomic E-state index is -0.640. The van der Waals surface area contributed by atoms with Gasteiger partial charge >= 0.3 is 6.09 Å². The molecule has 0 saturated heterocycles. The van der Waals surface area contributed by atoms with Gasteiger partial charge in [-0.15, -0.1) is 0 Å². The number of ether oxygens (including phenoxy) is 1. The average Bonchev–Trinajstić information content (AvgIpc) is 3.14. The van der Waals surface area contributed by atoms with Gasteiger partial charge in [-0.25, -0.2) is 9.31 Å². The third-order valence-corrected chi connectivity index (χ3v) is 5.38. The number of halogens is 2. The second-order valence-electron chi connectivity index (χ2n) is 7.28. The van der Waals surface area contributed by atoms with Gasteiger partial charge in [-0.3, -0.25) is 4.90 Å². The van der Waals surface area contributed by atoms with E-state index in [9.17, 15) is 4.79 Å². The van der Waals surface area contributed by atoms with Gasteiger partial charge in [0.1, 0.15) is 11.4 Å². The number of aromatic nitrogens is 2. The summed E-state index contributed by atoms with van der Waals surface area (Å²) in [6.45, 7) is 9.59. The monoisotopic (exact) mass is 453 g/mol. The lowest BCUT2D eigenvalue weighted by molar-refractivity contribution is 0.0575. The number of carbonyl (C=O) groups is 1. The first-order valence-electron chi connectivity index (χ1n) is 8.45. The van der Waals surface area contributed by atoms with Crippen molar-refractivity contribution in [2.24, 2.45) is 0 Å². The molecule has 0 aliphatic heterocycles. The van der Waals surface area contributed by atoms with Crippen molar-refractivity contribution >= 4 is 44.8 Å². The molecule has 6 nitrogen and oxygen atoms in total. The first kappa shape index (κ1) is 19.8. The third kappa shape index (κ3) is 3.99. The summed E-state index contributed by atoms with van der Waals surface area (Å²) in [4.78, 5) is 14.5. The fraction of sp³-hybridized carbons (Fsp3) is 0.368. The van der Waals surface area contributed by atoms with Crippen LogP contribution in [-0.2, 0) is 11.3 Å². The van der Waals surface area contributed by atoms with Gasteiger partial charge in [-0.05, 0) is 68.2 Å². The van der Waals surface area contributed by atoms with Crippen molar-refractivity contribution in [3.63, 3.8) is 0 Å². The third-order valence-electron chi connectivity index (χ3n) is 4.02. The second-order valence-corrected chi connectivity index (χ2v) is 8.46. The molecule has 3 aromatic rings. The van der Waals surface area contributed by atoms with E-state index in [-0.39, 0.29) is 11.7 Å². The second kappa shape index (κ2) is 7.20. The molecule has 0 N–H and O–H groups in total. The van der Waals surface area contributed by atoms with Gasteiger partial charge in [0.25, 0.3) is 0 Å². The fourth-order valence-electron chi connectivity index (χ4n) is 2.86. The van der Waals surface area contributed by atoms with E-state index in [0.717, 1.165) is 21.2 Å². The van der Waals surface area contributed by atoms with Gasteiger partial charge in [0.05, 0.1) is 29.7 Å². The highest BCUT2D eigenvalue weighted by Crippen LogP contribution is 2.35. The Bertz CT molecular complexity index is 990. The Hall–Kier alpha value is -1.99. The van der Waals surface area contributed by atoms with E-state index in [2.05, 4.69) is 21.0 Å². The first-order chi connectivity index (χ1) is 12.6. The maximum Gasteiger partial charge on any atom is 0.415 e. The standard InChI is InChI=1S/C19H21BrClN3O3/c1-11-16(20)12(2)24-17(11)14(9-15(21)22-24)23(10-13-7-6-8-26-13)18(25)27-19(3,4)5/h6-9H,10H2,1-5H3. The van der Waals surface area contributed by atoms with Crippen LogP contribution in [0.15, 0.2) is 33.4 Å². The molecule has 0 aromatic carbocycles. The molecule has 27 heavy (non-hydrogen) atoms. The summed E-state index contributed by atoms with van der Waals surface area (Å²) >= 11 is 9.86. The summed E-state index contributed by atoms with van der Waals surface area (Å²) in [6.07, 6.45) is 1.08. The molecule has 0 aliphatic rings. The summed E-state index contributed by atoms with van der Waals surface area (Å²) in [5, 5.41) is 4.65. The van der Waals surface area contributed by atoms with Gasteiger partial charge in [-0.1, -0.05) is 11.6 Å². The molecule has 3 heterocycles. The molecule has 0 spiro atoms. The molecule has 0 fully saturated rings. The van der Waals surface area contributed by atoms with Gasteiger partial charge in [0.2, 0.25) is 0 Å². The molecule has 3 rings (SSSR count). The number of hydrogen-bond acceptors (Lipinski definition) is 4.